The van der Waals surface area contributed by atoms with E-state index in [0.29, 0.717) is 5.56 Å². The van der Waals surface area contributed by atoms with Crippen LogP contribution < -0.4 is 11.2 Å². The van der Waals surface area contributed by atoms with Gasteiger partial charge in [-0.25, -0.2) is 9.18 Å². The van der Waals surface area contributed by atoms with Crippen molar-refractivity contribution in [3.05, 3.63) is 68.2 Å². The number of nitrogens with one attached hydrogen (secondary N) is 2. The molecule has 0 unspecified atom stereocenters. The first-order valence-corrected chi connectivity index (χ1v) is 4.83. The predicted octanol–water partition coefficient (Wildman–Crippen LogP) is 0.284. The molecule has 3 N–H and O–H groups in total. The number of hydrogen-bond acceptors (Lipinski definition) is 3. The molecule has 0 fully saturated rings. The molecule has 0 saturated carbocycles. The number of halogens is 1. The minimum absolute atomic E-state index is 0.00351. The number of benzene rings is 1. The zero-order chi connectivity index (χ0) is 12.4. The second kappa shape index (κ2) is 4.34. The van der Waals surface area contributed by atoms with E-state index in [-0.39, 0.29) is 5.56 Å². The third-order valence-corrected chi connectivity index (χ3v) is 2.33. The monoisotopic (exact) mass is 236 g/mol. The Morgan fingerprint density at radius 2 is 1.82 bits per heavy atom. The van der Waals surface area contributed by atoms with E-state index in [1.54, 1.807) is 0 Å². The number of H-pyrrole nitrogens is 2. The fraction of sp³-hybridized carbons (Fsp3) is 0.0909. The maximum Gasteiger partial charge on any atom is 0.325 e. The number of aliphatic hydroxyl groups is 1. The lowest BCUT2D eigenvalue weighted by atomic mass is 10.0. The number of aromatic amines is 2. The van der Waals surface area contributed by atoms with E-state index in [1.807, 2.05) is 4.98 Å². The minimum Gasteiger partial charge on any atom is -0.383 e. The number of hydrogen-bond donors (Lipinski definition) is 3. The zero-order valence-electron chi connectivity index (χ0n) is 8.61. The van der Waals surface area contributed by atoms with Crippen molar-refractivity contribution in [2.24, 2.45) is 0 Å². The molecule has 0 amide bonds. The van der Waals surface area contributed by atoms with Crippen LogP contribution in [-0.4, -0.2) is 15.1 Å². The summed E-state index contributed by atoms with van der Waals surface area (Å²) in [6.07, 6.45) is -0.0777. The molecule has 0 aliphatic heterocycles. The molecule has 17 heavy (non-hydrogen) atoms. The summed E-state index contributed by atoms with van der Waals surface area (Å²) in [6.45, 7) is 0. The van der Waals surface area contributed by atoms with Crippen LogP contribution in [0.4, 0.5) is 4.39 Å². The average Bonchev–Trinajstić information content (AvgIpc) is 2.29. The van der Waals surface area contributed by atoms with Crippen molar-refractivity contribution in [1.29, 1.82) is 0 Å². The molecule has 0 bridgehead atoms. The van der Waals surface area contributed by atoms with E-state index in [0.717, 1.165) is 6.20 Å². The molecule has 0 aliphatic rings. The smallest absolute Gasteiger partial charge is 0.325 e. The predicted molar refractivity (Wildman–Crippen MR) is 58.1 cm³/mol. The quantitative estimate of drug-likeness (QED) is 0.700. The normalized spacial score (nSPS) is 12.4. The summed E-state index contributed by atoms with van der Waals surface area (Å²) >= 11 is 0. The molecule has 5 nitrogen and oxygen atoms in total. The van der Waals surface area contributed by atoms with Crippen molar-refractivity contribution in [2.45, 2.75) is 6.10 Å². The van der Waals surface area contributed by atoms with Crippen molar-refractivity contribution >= 4 is 0 Å². The molecule has 2 rings (SSSR count). The Bertz CT molecular complexity index is 630. The van der Waals surface area contributed by atoms with Gasteiger partial charge in [0, 0.05) is 6.20 Å². The highest BCUT2D eigenvalue weighted by molar-refractivity contribution is 5.26. The van der Waals surface area contributed by atoms with Crippen LogP contribution in [0, 0.1) is 5.82 Å². The van der Waals surface area contributed by atoms with Gasteiger partial charge in [0.2, 0.25) is 0 Å². The Kier molecular flexibility index (Phi) is 2.88. The van der Waals surface area contributed by atoms with Gasteiger partial charge in [-0.3, -0.25) is 9.78 Å². The Labute approximate surface area is 94.6 Å². The SMILES string of the molecule is O=c1[nH]cc([C@@H](O)c2ccc(F)cc2)c(=O)[nH]1. The van der Waals surface area contributed by atoms with E-state index in [2.05, 4.69) is 4.98 Å². The summed E-state index contributed by atoms with van der Waals surface area (Å²) < 4.78 is 12.7. The van der Waals surface area contributed by atoms with Crippen LogP contribution in [0.25, 0.3) is 0 Å². The first kappa shape index (κ1) is 11.3. The largest absolute Gasteiger partial charge is 0.383 e. The number of aromatic nitrogens is 2. The van der Waals surface area contributed by atoms with Gasteiger partial charge < -0.3 is 10.1 Å². The summed E-state index contributed by atoms with van der Waals surface area (Å²) in [5, 5.41) is 9.89. The van der Waals surface area contributed by atoms with Gasteiger partial charge in [-0.2, -0.15) is 0 Å². The highest BCUT2D eigenvalue weighted by Crippen LogP contribution is 2.18. The van der Waals surface area contributed by atoms with Crippen molar-refractivity contribution < 1.29 is 9.50 Å². The molecule has 1 heterocycles. The van der Waals surface area contributed by atoms with Gasteiger partial charge in [-0.15, -0.1) is 0 Å². The van der Waals surface area contributed by atoms with Crippen molar-refractivity contribution in [1.82, 2.24) is 9.97 Å². The molecule has 1 atom stereocenters. The van der Waals surface area contributed by atoms with E-state index < -0.39 is 23.2 Å². The third-order valence-electron chi connectivity index (χ3n) is 2.33. The van der Waals surface area contributed by atoms with Gasteiger partial charge in [-0.1, -0.05) is 12.1 Å². The van der Waals surface area contributed by atoms with Crippen molar-refractivity contribution in [3.8, 4) is 0 Å². The van der Waals surface area contributed by atoms with Gasteiger partial charge in [0.25, 0.3) is 5.56 Å². The molecule has 88 valence electrons. The lowest BCUT2D eigenvalue weighted by Crippen LogP contribution is -2.26. The summed E-state index contributed by atoms with van der Waals surface area (Å²) in [4.78, 5) is 26.5. The van der Waals surface area contributed by atoms with E-state index in [4.69, 9.17) is 0 Å². The van der Waals surface area contributed by atoms with Gasteiger partial charge in [-0.05, 0) is 17.7 Å². The van der Waals surface area contributed by atoms with Gasteiger partial charge in [0.1, 0.15) is 11.9 Å². The molecule has 1 aromatic heterocycles. The highest BCUT2D eigenvalue weighted by atomic mass is 19.1. The summed E-state index contributed by atoms with van der Waals surface area (Å²) in [5.41, 5.74) is -0.962. The van der Waals surface area contributed by atoms with Crippen molar-refractivity contribution in [2.75, 3.05) is 0 Å². The van der Waals surface area contributed by atoms with Gasteiger partial charge in [0.15, 0.2) is 0 Å². The lowest BCUT2D eigenvalue weighted by Gasteiger charge is -2.09. The van der Waals surface area contributed by atoms with Gasteiger partial charge in [0.05, 0.1) is 5.56 Å². The minimum atomic E-state index is -1.21. The van der Waals surface area contributed by atoms with E-state index in [1.165, 1.54) is 24.3 Å². The van der Waals surface area contributed by atoms with Crippen LogP contribution in [-0.2, 0) is 0 Å². The zero-order valence-corrected chi connectivity index (χ0v) is 8.61. The fourth-order valence-electron chi connectivity index (χ4n) is 1.45. The summed E-state index contributed by atoms with van der Waals surface area (Å²) in [5.74, 6) is -0.434. The van der Waals surface area contributed by atoms with E-state index in [9.17, 15) is 19.1 Å². The van der Waals surface area contributed by atoms with Crippen LogP contribution in [0.3, 0.4) is 0 Å². The van der Waals surface area contributed by atoms with Crippen LogP contribution in [0.5, 0.6) is 0 Å². The number of aliphatic hydroxyl groups excluding tert-OH is 1. The molecule has 6 heteroatoms. The topological polar surface area (TPSA) is 85.9 Å². The molecule has 2 aromatic rings. The first-order valence-electron chi connectivity index (χ1n) is 4.83. The molecular weight excluding hydrogens is 227 g/mol. The Morgan fingerprint density at radius 3 is 2.41 bits per heavy atom. The fourth-order valence-corrected chi connectivity index (χ4v) is 1.45. The Morgan fingerprint density at radius 1 is 1.18 bits per heavy atom. The molecule has 0 aliphatic carbocycles. The molecule has 0 spiro atoms. The molecule has 1 aromatic carbocycles. The second-order valence-electron chi connectivity index (χ2n) is 3.48. The lowest BCUT2D eigenvalue weighted by molar-refractivity contribution is 0.218. The maximum absolute atomic E-state index is 12.7. The standard InChI is InChI=1S/C11H9FN2O3/c12-7-3-1-6(2-4-7)9(15)8-5-13-11(17)14-10(8)16/h1-5,9,15H,(H2,13,14,16,17)/t9-/m0/s1. The second-order valence-corrected chi connectivity index (χ2v) is 3.48. The Hall–Kier alpha value is -2.21. The van der Waals surface area contributed by atoms with Crippen LogP contribution in [0.1, 0.15) is 17.2 Å². The highest BCUT2D eigenvalue weighted by Gasteiger charge is 2.14. The molecule has 0 saturated heterocycles. The van der Waals surface area contributed by atoms with Crippen LogP contribution in [0.15, 0.2) is 40.1 Å². The maximum atomic E-state index is 12.7. The molecule has 0 radical (unpaired) electrons. The van der Waals surface area contributed by atoms with Crippen LogP contribution in [0.2, 0.25) is 0 Å². The van der Waals surface area contributed by atoms with Crippen LogP contribution >= 0.6 is 0 Å². The summed E-state index contributed by atoms with van der Waals surface area (Å²) in [6, 6.07) is 5.09. The van der Waals surface area contributed by atoms with Gasteiger partial charge >= 0.3 is 5.69 Å². The third kappa shape index (κ3) is 2.31. The van der Waals surface area contributed by atoms with Crippen molar-refractivity contribution in [3.63, 3.8) is 0 Å². The van der Waals surface area contributed by atoms with E-state index >= 15 is 0 Å². The molecular formula is C11H9FN2O3. The average molecular weight is 236 g/mol. The summed E-state index contributed by atoms with van der Waals surface area (Å²) in [7, 11) is 0. The number of rotatable bonds is 2. The first-order chi connectivity index (χ1) is 8.08. The Balaban J connectivity index is 2.43.